The van der Waals surface area contributed by atoms with Crippen molar-refractivity contribution < 1.29 is 10.6 Å². The van der Waals surface area contributed by atoms with Crippen molar-refractivity contribution in [3.8, 4) is 11.4 Å². The van der Waals surface area contributed by atoms with Crippen LogP contribution < -0.4 is 10.6 Å². The van der Waals surface area contributed by atoms with Crippen molar-refractivity contribution in [1.82, 2.24) is 20.2 Å². The largest absolute Gasteiger partial charge is 0.373 e. The third-order valence-corrected chi connectivity index (χ3v) is 5.01. The van der Waals surface area contributed by atoms with E-state index in [4.69, 9.17) is 10.5 Å². The molecule has 27 heavy (non-hydrogen) atoms. The van der Waals surface area contributed by atoms with Crippen LogP contribution in [0.4, 0.5) is 10.2 Å². The van der Waals surface area contributed by atoms with Crippen LogP contribution >= 0.6 is 0 Å². The summed E-state index contributed by atoms with van der Waals surface area (Å²) < 4.78 is 20.4. The van der Waals surface area contributed by atoms with E-state index in [1.54, 1.807) is 18.3 Å². The minimum absolute atomic E-state index is 0. The van der Waals surface area contributed by atoms with Crippen LogP contribution in [0.3, 0.4) is 0 Å². The predicted octanol–water partition coefficient (Wildman–Crippen LogP) is 2.59. The fourth-order valence-electron chi connectivity index (χ4n) is 3.36. The van der Waals surface area contributed by atoms with Gasteiger partial charge in [0.05, 0.1) is 18.4 Å². The summed E-state index contributed by atoms with van der Waals surface area (Å²) in [5.74, 6) is 0.606. The van der Waals surface area contributed by atoms with Crippen LogP contribution in [-0.4, -0.2) is 52.0 Å². The van der Waals surface area contributed by atoms with Gasteiger partial charge >= 0.3 is 0 Å². The molecule has 4 heterocycles. The van der Waals surface area contributed by atoms with Crippen LogP contribution in [-0.2, 0) is 4.74 Å². The fourth-order valence-corrected chi connectivity index (χ4v) is 3.36. The highest BCUT2D eigenvalue weighted by atomic mass is 19.1. The number of pyridine rings is 2. The summed E-state index contributed by atoms with van der Waals surface area (Å²) in [5, 5.41) is 7.74. The number of nitrogens with two attached hydrogens (primary N) is 1. The number of nitrogens with one attached hydrogen (secondary N) is 1. The lowest BCUT2D eigenvalue weighted by atomic mass is 9.98. The van der Waals surface area contributed by atoms with Crippen LogP contribution in [0.2, 0.25) is 0 Å². The maximum absolute atomic E-state index is 14.5. The maximum Gasteiger partial charge on any atom is 0.181 e. The second-order valence-electron chi connectivity index (χ2n) is 7.15. The average molecular weight is 372 g/mol. The first-order chi connectivity index (χ1) is 13.0. The Labute approximate surface area is 158 Å². The standard InChI is InChI=1S/C19H23FN6O.H2/c1-11(2)16(21)14-10-26(8-9-27-14)15-6-5-13(20)18(23-15)17-12-4-3-7-22-19(12)25-24-17;/h3-7,11,14,16H,8-10,21H2,1-2H3,(H,22,24,25);1H. The van der Waals surface area contributed by atoms with Gasteiger partial charge in [-0.1, -0.05) is 13.8 Å². The molecule has 0 aromatic carbocycles. The lowest BCUT2D eigenvalue weighted by molar-refractivity contribution is 0.0140. The van der Waals surface area contributed by atoms with Crippen molar-refractivity contribution >= 4 is 16.9 Å². The Morgan fingerprint density at radius 1 is 1.37 bits per heavy atom. The summed E-state index contributed by atoms with van der Waals surface area (Å²) >= 11 is 0. The fraction of sp³-hybridized carbons (Fsp3) is 0.421. The van der Waals surface area contributed by atoms with E-state index in [9.17, 15) is 4.39 Å². The molecule has 0 saturated carbocycles. The molecule has 2 atom stereocenters. The number of rotatable bonds is 4. The number of morpholine rings is 1. The highest BCUT2D eigenvalue weighted by molar-refractivity contribution is 5.89. The Bertz CT molecular complexity index is 949. The van der Waals surface area contributed by atoms with Gasteiger partial charge in [-0.2, -0.15) is 5.10 Å². The third kappa shape index (κ3) is 3.38. The molecule has 4 rings (SSSR count). The summed E-state index contributed by atoms with van der Waals surface area (Å²) in [6, 6.07) is 6.71. The zero-order valence-corrected chi connectivity index (χ0v) is 15.4. The number of hydrogen-bond acceptors (Lipinski definition) is 6. The number of ether oxygens (including phenoxy) is 1. The number of hydrogen-bond donors (Lipinski definition) is 2. The summed E-state index contributed by atoms with van der Waals surface area (Å²) in [7, 11) is 0. The van der Waals surface area contributed by atoms with Crippen LogP contribution in [0.1, 0.15) is 15.3 Å². The van der Waals surface area contributed by atoms with Gasteiger partial charge in [-0.05, 0) is 30.2 Å². The number of H-pyrrole nitrogens is 1. The second kappa shape index (κ2) is 7.21. The molecule has 8 heteroatoms. The molecule has 2 unspecified atom stereocenters. The molecule has 3 aromatic heterocycles. The highest BCUT2D eigenvalue weighted by Gasteiger charge is 2.29. The molecule has 1 aliphatic rings. The van der Waals surface area contributed by atoms with E-state index in [2.05, 4.69) is 38.9 Å². The number of aromatic amines is 1. The molecule has 0 bridgehead atoms. The van der Waals surface area contributed by atoms with Gasteiger partial charge in [-0.15, -0.1) is 0 Å². The third-order valence-electron chi connectivity index (χ3n) is 5.01. The average Bonchev–Trinajstić information content (AvgIpc) is 3.12. The van der Waals surface area contributed by atoms with Gasteiger partial charge in [0.1, 0.15) is 11.5 Å². The smallest absolute Gasteiger partial charge is 0.181 e. The molecule has 0 amide bonds. The van der Waals surface area contributed by atoms with E-state index >= 15 is 0 Å². The minimum atomic E-state index is -0.406. The number of halogens is 1. The van der Waals surface area contributed by atoms with Gasteiger partial charge in [-0.3, -0.25) is 5.10 Å². The topological polar surface area (TPSA) is 93.0 Å². The van der Waals surface area contributed by atoms with E-state index < -0.39 is 5.82 Å². The number of nitrogens with zero attached hydrogens (tertiary/aromatic N) is 4. The first-order valence-electron chi connectivity index (χ1n) is 9.12. The molecule has 3 N–H and O–H groups in total. The summed E-state index contributed by atoms with van der Waals surface area (Å²) in [6.07, 6.45) is 1.57. The quantitative estimate of drug-likeness (QED) is 0.731. The van der Waals surface area contributed by atoms with Crippen molar-refractivity contribution in [3.63, 3.8) is 0 Å². The molecule has 3 aromatic rings. The zero-order chi connectivity index (χ0) is 19.0. The highest BCUT2D eigenvalue weighted by Crippen LogP contribution is 2.28. The number of anilines is 1. The molecule has 144 valence electrons. The van der Waals surface area contributed by atoms with E-state index in [1.807, 2.05) is 6.07 Å². The Kier molecular flexibility index (Phi) is 4.75. The Balaban J connectivity index is 0.00000225. The maximum atomic E-state index is 14.5. The summed E-state index contributed by atoms with van der Waals surface area (Å²) in [6.45, 7) is 6.04. The molecular formula is C19H25FN6O. The van der Waals surface area contributed by atoms with Gasteiger partial charge in [0.15, 0.2) is 11.5 Å². The zero-order valence-electron chi connectivity index (χ0n) is 15.4. The van der Waals surface area contributed by atoms with Crippen LogP contribution in [0.15, 0.2) is 30.5 Å². The number of aromatic nitrogens is 4. The van der Waals surface area contributed by atoms with Gasteiger partial charge in [0, 0.05) is 32.1 Å². The molecule has 0 spiro atoms. The monoisotopic (exact) mass is 372 g/mol. The first-order valence-corrected chi connectivity index (χ1v) is 9.12. The molecule has 1 fully saturated rings. The lowest BCUT2D eigenvalue weighted by Crippen LogP contribution is -2.52. The molecule has 0 radical (unpaired) electrons. The molecule has 1 saturated heterocycles. The normalized spacial score (nSPS) is 19.0. The predicted molar refractivity (Wildman–Crippen MR) is 104 cm³/mol. The van der Waals surface area contributed by atoms with Crippen LogP contribution in [0.25, 0.3) is 22.4 Å². The van der Waals surface area contributed by atoms with Gasteiger partial charge in [0.2, 0.25) is 0 Å². The van der Waals surface area contributed by atoms with Gasteiger partial charge < -0.3 is 15.4 Å². The molecule has 0 aliphatic carbocycles. The Morgan fingerprint density at radius 2 is 2.22 bits per heavy atom. The Hall–Kier alpha value is -2.58. The van der Waals surface area contributed by atoms with Crippen molar-refractivity contribution in [3.05, 3.63) is 36.3 Å². The minimum Gasteiger partial charge on any atom is -0.373 e. The van der Waals surface area contributed by atoms with E-state index in [-0.39, 0.29) is 19.3 Å². The van der Waals surface area contributed by atoms with Crippen molar-refractivity contribution in [2.45, 2.75) is 26.0 Å². The number of fused-ring (bicyclic) bond motifs is 1. The van der Waals surface area contributed by atoms with Crippen molar-refractivity contribution in [2.24, 2.45) is 11.7 Å². The lowest BCUT2D eigenvalue weighted by Gasteiger charge is -2.37. The van der Waals surface area contributed by atoms with Crippen LogP contribution in [0, 0.1) is 11.7 Å². The summed E-state index contributed by atoms with van der Waals surface area (Å²) in [5.41, 5.74) is 7.57. The molecule has 7 nitrogen and oxygen atoms in total. The van der Waals surface area contributed by atoms with Gasteiger partial charge in [0.25, 0.3) is 0 Å². The van der Waals surface area contributed by atoms with E-state index in [0.717, 1.165) is 5.39 Å². The van der Waals surface area contributed by atoms with E-state index in [0.29, 0.717) is 42.8 Å². The molecular weight excluding hydrogens is 347 g/mol. The molecule has 1 aliphatic heterocycles. The van der Waals surface area contributed by atoms with Gasteiger partial charge in [-0.25, -0.2) is 14.4 Å². The van der Waals surface area contributed by atoms with Crippen LogP contribution in [0.5, 0.6) is 0 Å². The summed E-state index contributed by atoms with van der Waals surface area (Å²) in [4.78, 5) is 10.9. The van der Waals surface area contributed by atoms with Crippen molar-refractivity contribution in [1.29, 1.82) is 0 Å². The SMILES string of the molecule is CC(C)C(N)C1CN(c2ccc(F)c(-c3[nH]nc4ncccc34)n2)CCO1.[HH]. The Morgan fingerprint density at radius 3 is 3.04 bits per heavy atom. The van der Waals surface area contributed by atoms with Crippen molar-refractivity contribution in [2.75, 3.05) is 24.6 Å². The second-order valence-corrected chi connectivity index (χ2v) is 7.15. The first kappa shape index (κ1) is 17.8. The van der Waals surface area contributed by atoms with E-state index in [1.165, 1.54) is 6.07 Å².